The third kappa shape index (κ3) is 4.88. The molecule has 0 spiro atoms. The van der Waals surface area contributed by atoms with Crippen molar-refractivity contribution >= 4 is 27.5 Å². The number of hydrogen-bond acceptors (Lipinski definition) is 3. The summed E-state index contributed by atoms with van der Waals surface area (Å²) >= 11 is 5.97. The number of sulfone groups is 1. The Morgan fingerprint density at radius 1 is 1.45 bits per heavy atom. The monoisotopic (exact) mass is 344 g/mol. The summed E-state index contributed by atoms with van der Waals surface area (Å²) in [6, 6.07) is 5.23. The molecule has 1 aliphatic rings. The van der Waals surface area contributed by atoms with Crippen LogP contribution in [-0.2, 0) is 16.3 Å². The first kappa shape index (κ1) is 17.1. The van der Waals surface area contributed by atoms with Gasteiger partial charge in [-0.15, -0.1) is 0 Å². The lowest BCUT2D eigenvalue weighted by Crippen LogP contribution is -2.42. The highest BCUT2D eigenvalue weighted by molar-refractivity contribution is 7.90. The SMILES string of the molecule is CC(CCS(C)(=O)=O)NC(=O)NC1CCc2cc(Cl)ccc21. The Balaban J connectivity index is 1.86. The average Bonchev–Trinajstić information content (AvgIpc) is 2.78. The molecule has 0 aromatic heterocycles. The molecule has 0 radical (unpaired) electrons. The third-order valence-corrected chi connectivity index (χ3v) is 5.00. The predicted molar refractivity (Wildman–Crippen MR) is 88.0 cm³/mol. The first-order chi connectivity index (χ1) is 10.2. The van der Waals surface area contributed by atoms with Crippen LogP contribution >= 0.6 is 11.6 Å². The van der Waals surface area contributed by atoms with Crippen molar-refractivity contribution < 1.29 is 13.2 Å². The average molecular weight is 345 g/mol. The summed E-state index contributed by atoms with van der Waals surface area (Å²) in [4.78, 5) is 12.0. The van der Waals surface area contributed by atoms with Crippen molar-refractivity contribution in [2.45, 2.75) is 38.3 Å². The minimum atomic E-state index is -3.01. The van der Waals surface area contributed by atoms with Gasteiger partial charge in [-0.1, -0.05) is 17.7 Å². The number of aryl methyl sites for hydroxylation is 1. The maximum absolute atomic E-state index is 12.0. The zero-order chi connectivity index (χ0) is 16.3. The van der Waals surface area contributed by atoms with Gasteiger partial charge in [0.15, 0.2) is 0 Å². The van der Waals surface area contributed by atoms with Gasteiger partial charge in [0.2, 0.25) is 0 Å². The zero-order valence-electron chi connectivity index (χ0n) is 12.7. The van der Waals surface area contributed by atoms with Crippen LogP contribution in [0.5, 0.6) is 0 Å². The number of urea groups is 1. The number of hydrogen-bond donors (Lipinski definition) is 2. The number of nitrogens with one attached hydrogen (secondary N) is 2. The van der Waals surface area contributed by atoms with Gasteiger partial charge in [-0.05, 0) is 49.4 Å². The molecule has 1 aliphatic carbocycles. The topological polar surface area (TPSA) is 75.3 Å². The molecule has 5 nitrogen and oxygen atoms in total. The van der Waals surface area contributed by atoms with E-state index in [9.17, 15) is 13.2 Å². The second kappa shape index (κ2) is 6.87. The van der Waals surface area contributed by atoms with Crippen LogP contribution in [0.3, 0.4) is 0 Å². The summed E-state index contributed by atoms with van der Waals surface area (Å²) in [6.45, 7) is 1.80. The van der Waals surface area contributed by atoms with Crippen molar-refractivity contribution in [2.75, 3.05) is 12.0 Å². The predicted octanol–water partition coefficient (Wildman–Crippen LogP) is 2.45. The van der Waals surface area contributed by atoms with E-state index in [1.165, 1.54) is 11.8 Å². The molecule has 122 valence electrons. The molecule has 1 aromatic rings. The van der Waals surface area contributed by atoms with E-state index < -0.39 is 9.84 Å². The molecule has 0 bridgehead atoms. The maximum atomic E-state index is 12.0. The summed E-state index contributed by atoms with van der Waals surface area (Å²) in [6.07, 6.45) is 3.34. The molecule has 1 aromatic carbocycles. The molecule has 0 heterocycles. The molecule has 2 atom stereocenters. The molecule has 0 saturated carbocycles. The molecule has 2 amide bonds. The quantitative estimate of drug-likeness (QED) is 0.861. The fourth-order valence-corrected chi connectivity index (χ4v) is 3.60. The van der Waals surface area contributed by atoms with Crippen LogP contribution in [0, 0.1) is 0 Å². The second-order valence-electron chi connectivity index (χ2n) is 5.87. The number of rotatable bonds is 5. The zero-order valence-corrected chi connectivity index (χ0v) is 14.3. The van der Waals surface area contributed by atoms with Gasteiger partial charge in [-0.2, -0.15) is 0 Å². The summed E-state index contributed by atoms with van der Waals surface area (Å²) in [5, 5.41) is 6.43. The number of benzene rings is 1. The van der Waals surface area contributed by atoms with Crippen molar-refractivity contribution in [1.29, 1.82) is 0 Å². The lowest BCUT2D eigenvalue weighted by Gasteiger charge is -2.18. The molecule has 2 unspecified atom stereocenters. The summed E-state index contributed by atoms with van der Waals surface area (Å²) < 4.78 is 22.3. The number of carbonyl (C=O) groups excluding carboxylic acids is 1. The van der Waals surface area contributed by atoms with Gasteiger partial charge in [0.25, 0.3) is 0 Å². The number of fused-ring (bicyclic) bond motifs is 1. The summed E-state index contributed by atoms with van der Waals surface area (Å²) in [5.74, 6) is 0.0687. The Labute approximate surface area is 136 Å². The van der Waals surface area contributed by atoms with Gasteiger partial charge in [0, 0.05) is 17.3 Å². The number of amides is 2. The maximum Gasteiger partial charge on any atom is 0.315 e. The minimum Gasteiger partial charge on any atom is -0.336 e. The van der Waals surface area contributed by atoms with E-state index >= 15 is 0 Å². The Bertz CT molecular complexity index is 661. The van der Waals surface area contributed by atoms with Crippen molar-refractivity contribution in [3.05, 3.63) is 34.3 Å². The number of halogens is 1. The standard InChI is InChI=1S/C15H21ClN2O3S/c1-10(7-8-22(2,20)21)17-15(19)18-14-6-3-11-9-12(16)4-5-13(11)14/h4-5,9-10,14H,3,6-8H2,1-2H3,(H2,17,18,19). The van der Waals surface area contributed by atoms with E-state index in [0.717, 1.165) is 18.4 Å². The second-order valence-corrected chi connectivity index (χ2v) is 8.57. The Morgan fingerprint density at radius 2 is 2.18 bits per heavy atom. The van der Waals surface area contributed by atoms with E-state index in [4.69, 9.17) is 11.6 Å². The Morgan fingerprint density at radius 3 is 2.86 bits per heavy atom. The van der Waals surface area contributed by atoms with Crippen LogP contribution in [0.15, 0.2) is 18.2 Å². The van der Waals surface area contributed by atoms with E-state index in [-0.39, 0.29) is 23.9 Å². The van der Waals surface area contributed by atoms with Crippen molar-refractivity contribution in [3.8, 4) is 0 Å². The molecule has 0 aliphatic heterocycles. The Kier molecular flexibility index (Phi) is 5.34. The van der Waals surface area contributed by atoms with Gasteiger partial charge >= 0.3 is 6.03 Å². The van der Waals surface area contributed by atoms with Crippen LogP contribution in [0.25, 0.3) is 0 Å². The fourth-order valence-electron chi connectivity index (χ4n) is 2.62. The van der Waals surface area contributed by atoms with Gasteiger partial charge < -0.3 is 10.6 Å². The van der Waals surface area contributed by atoms with Gasteiger partial charge in [-0.3, -0.25) is 0 Å². The molecule has 0 fully saturated rings. The van der Waals surface area contributed by atoms with Crippen LogP contribution < -0.4 is 10.6 Å². The number of carbonyl (C=O) groups is 1. The van der Waals surface area contributed by atoms with Crippen molar-refractivity contribution in [1.82, 2.24) is 10.6 Å². The normalized spacial score (nSPS) is 18.6. The summed E-state index contributed by atoms with van der Waals surface area (Å²) in [7, 11) is -3.01. The highest BCUT2D eigenvalue weighted by atomic mass is 35.5. The molecule has 2 rings (SSSR count). The lowest BCUT2D eigenvalue weighted by molar-refractivity contribution is 0.233. The van der Waals surface area contributed by atoms with E-state index in [2.05, 4.69) is 10.6 Å². The largest absolute Gasteiger partial charge is 0.336 e. The lowest BCUT2D eigenvalue weighted by atomic mass is 10.1. The first-order valence-corrected chi connectivity index (χ1v) is 9.71. The van der Waals surface area contributed by atoms with Crippen LogP contribution in [-0.4, -0.2) is 32.5 Å². The van der Waals surface area contributed by atoms with Gasteiger partial charge in [-0.25, -0.2) is 13.2 Å². The van der Waals surface area contributed by atoms with E-state index in [0.29, 0.717) is 11.4 Å². The molecule has 2 N–H and O–H groups in total. The van der Waals surface area contributed by atoms with Gasteiger partial charge in [0.1, 0.15) is 9.84 Å². The van der Waals surface area contributed by atoms with Crippen molar-refractivity contribution in [2.24, 2.45) is 0 Å². The molecule has 7 heteroatoms. The first-order valence-electron chi connectivity index (χ1n) is 7.27. The molecule has 0 saturated heterocycles. The molecular weight excluding hydrogens is 324 g/mol. The molecular formula is C15H21ClN2O3S. The summed E-state index contributed by atoms with van der Waals surface area (Å²) in [5.41, 5.74) is 2.27. The smallest absolute Gasteiger partial charge is 0.315 e. The van der Waals surface area contributed by atoms with E-state index in [1.54, 1.807) is 6.92 Å². The van der Waals surface area contributed by atoms with Crippen molar-refractivity contribution in [3.63, 3.8) is 0 Å². The Hall–Kier alpha value is -1.27. The van der Waals surface area contributed by atoms with Crippen LogP contribution in [0.4, 0.5) is 4.79 Å². The van der Waals surface area contributed by atoms with Crippen LogP contribution in [0.2, 0.25) is 5.02 Å². The molecule has 22 heavy (non-hydrogen) atoms. The third-order valence-electron chi connectivity index (χ3n) is 3.79. The van der Waals surface area contributed by atoms with Gasteiger partial charge in [0.05, 0.1) is 11.8 Å². The fraction of sp³-hybridized carbons (Fsp3) is 0.533. The highest BCUT2D eigenvalue weighted by Gasteiger charge is 2.24. The van der Waals surface area contributed by atoms with E-state index in [1.807, 2.05) is 18.2 Å². The minimum absolute atomic E-state index is 0.0191. The highest BCUT2D eigenvalue weighted by Crippen LogP contribution is 2.32. The van der Waals surface area contributed by atoms with Crippen LogP contribution in [0.1, 0.15) is 36.9 Å².